The summed E-state index contributed by atoms with van der Waals surface area (Å²) < 4.78 is 27.2. The van der Waals surface area contributed by atoms with Crippen molar-refractivity contribution in [3.63, 3.8) is 0 Å². The van der Waals surface area contributed by atoms with Gasteiger partial charge >= 0.3 is 0 Å². The number of benzene rings is 2. The zero-order chi connectivity index (χ0) is 30.9. The van der Waals surface area contributed by atoms with Crippen LogP contribution in [0.1, 0.15) is 55.1 Å². The fourth-order valence-corrected chi connectivity index (χ4v) is 5.07. The van der Waals surface area contributed by atoms with Crippen LogP contribution < -0.4 is 16.0 Å². The van der Waals surface area contributed by atoms with Gasteiger partial charge in [0, 0.05) is 54.5 Å². The zero-order valence-corrected chi connectivity index (χ0v) is 26.1. The van der Waals surface area contributed by atoms with Crippen molar-refractivity contribution in [2.45, 2.75) is 45.2 Å². The monoisotopic (exact) mass is 619 g/mol. The number of amides is 1. The largest absolute Gasteiger partial charge is 0.379 e. The molecule has 0 fully saturated rings. The number of carbonyl (C=O) groups is 2. The second-order valence-corrected chi connectivity index (χ2v) is 10.8. The van der Waals surface area contributed by atoms with Crippen LogP contribution in [0, 0.1) is 0 Å². The second-order valence-electron chi connectivity index (χ2n) is 10.3. The third-order valence-corrected chi connectivity index (χ3v) is 7.22. The van der Waals surface area contributed by atoms with Crippen molar-refractivity contribution in [2.75, 3.05) is 82.8 Å². The van der Waals surface area contributed by atoms with E-state index in [9.17, 15) is 9.59 Å². The third-order valence-electron chi connectivity index (χ3n) is 6.97. The molecule has 11 heteroatoms. The van der Waals surface area contributed by atoms with Crippen LogP contribution in [-0.2, 0) is 28.5 Å². The number of nitrogens with zero attached hydrogens (tertiary/aromatic N) is 1. The lowest BCUT2D eigenvalue weighted by Crippen LogP contribution is -2.43. The number of rotatable bonds is 21. The molecule has 0 bridgehead atoms. The minimum Gasteiger partial charge on any atom is -0.379 e. The molecule has 1 heterocycles. The highest BCUT2D eigenvalue weighted by molar-refractivity contribution is 6.30. The van der Waals surface area contributed by atoms with Crippen LogP contribution in [0.2, 0.25) is 5.02 Å². The maximum Gasteiger partial charge on any atom is 0.224 e. The quantitative estimate of drug-likeness (QED) is 0.152. The first kappa shape index (κ1) is 34.9. The fourth-order valence-electron chi connectivity index (χ4n) is 4.95. The summed E-state index contributed by atoms with van der Waals surface area (Å²) in [5.41, 5.74) is 8.68. The van der Waals surface area contributed by atoms with Crippen LogP contribution >= 0.6 is 11.6 Å². The van der Waals surface area contributed by atoms with E-state index in [0.717, 1.165) is 23.4 Å². The number of hydrogen-bond donors (Lipinski definition) is 2. The molecule has 0 saturated carbocycles. The summed E-state index contributed by atoms with van der Waals surface area (Å²) in [6, 6.07) is 13.1. The molecule has 0 radical (unpaired) electrons. The Morgan fingerprint density at radius 3 is 1.98 bits per heavy atom. The average molecular weight is 620 g/mol. The SMILES string of the molecule is CC(=O)N1c2ccc(C(=O)CCCOCCOCCOCCOCCOCCN)cc2[C@H](Nc2ccc(Cl)cc2)C[C@@H]1C. The lowest BCUT2D eigenvalue weighted by Gasteiger charge is -2.39. The molecule has 1 aliphatic heterocycles. The number of fused-ring (bicyclic) bond motifs is 1. The van der Waals surface area contributed by atoms with E-state index in [4.69, 9.17) is 41.0 Å². The molecular weight excluding hydrogens is 574 g/mol. The van der Waals surface area contributed by atoms with Gasteiger partial charge < -0.3 is 39.6 Å². The highest BCUT2D eigenvalue weighted by Crippen LogP contribution is 2.40. The molecule has 3 N–H and O–H groups in total. The Kier molecular flexibility index (Phi) is 16.0. The van der Waals surface area contributed by atoms with Crippen molar-refractivity contribution < 1.29 is 33.3 Å². The number of ketones is 1. The van der Waals surface area contributed by atoms with Gasteiger partial charge in [-0.3, -0.25) is 9.59 Å². The molecular formula is C32H46ClN3O7. The maximum atomic E-state index is 13.0. The van der Waals surface area contributed by atoms with E-state index in [1.807, 2.05) is 54.3 Å². The first-order valence-electron chi connectivity index (χ1n) is 15.0. The Hall–Kier alpha value is -2.57. The highest BCUT2D eigenvalue weighted by Gasteiger charge is 2.33. The van der Waals surface area contributed by atoms with Crippen molar-refractivity contribution in [3.8, 4) is 0 Å². The Morgan fingerprint density at radius 1 is 0.860 bits per heavy atom. The molecule has 10 nitrogen and oxygen atoms in total. The molecule has 1 aliphatic rings. The Balaban J connectivity index is 1.35. The molecule has 1 amide bonds. The molecule has 0 saturated heterocycles. The summed E-state index contributed by atoms with van der Waals surface area (Å²) in [5.74, 6) is 0.0300. The molecule has 3 rings (SSSR count). The first-order valence-corrected chi connectivity index (χ1v) is 15.4. The first-order chi connectivity index (χ1) is 20.9. The number of hydrogen-bond acceptors (Lipinski definition) is 9. The Morgan fingerprint density at radius 2 is 1.42 bits per heavy atom. The van der Waals surface area contributed by atoms with Crippen LogP contribution in [0.3, 0.4) is 0 Å². The summed E-state index contributed by atoms with van der Waals surface area (Å²) in [6.45, 7) is 9.10. The normalized spacial score (nSPS) is 16.2. The van der Waals surface area contributed by atoms with Crippen LogP contribution in [0.5, 0.6) is 0 Å². The molecule has 0 spiro atoms. The van der Waals surface area contributed by atoms with E-state index in [-0.39, 0.29) is 23.8 Å². The van der Waals surface area contributed by atoms with Crippen LogP contribution in [0.15, 0.2) is 42.5 Å². The highest BCUT2D eigenvalue weighted by atomic mass is 35.5. The van der Waals surface area contributed by atoms with Gasteiger partial charge in [0.1, 0.15) is 0 Å². The van der Waals surface area contributed by atoms with E-state index in [1.54, 1.807) is 6.92 Å². The van der Waals surface area contributed by atoms with Crippen LogP contribution in [-0.4, -0.2) is 90.3 Å². The summed E-state index contributed by atoms with van der Waals surface area (Å²) in [6.07, 6.45) is 1.70. The van der Waals surface area contributed by atoms with E-state index >= 15 is 0 Å². The van der Waals surface area contributed by atoms with Gasteiger partial charge in [0.2, 0.25) is 5.91 Å². The van der Waals surface area contributed by atoms with Crippen LogP contribution in [0.25, 0.3) is 0 Å². The maximum absolute atomic E-state index is 13.0. The average Bonchev–Trinajstić information content (AvgIpc) is 2.99. The molecule has 0 unspecified atom stereocenters. The van der Waals surface area contributed by atoms with Gasteiger partial charge in [-0.2, -0.15) is 0 Å². The Labute approximate surface area is 260 Å². The van der Waals surface area contributed by atoms with Crippen molar-refractivity contribution >= 4 is 34.7 Å². The molecule has 2 atom stereocenters. The van der Waals surface area contributed by atoms with Gasteiger partial charge in [0.15, 0.2) is 5.78 Å². The van der Waals surface area contributed by atoms with Gasteiger partial charge in [-0.05, 0) is 67.8 Å². The van der Waals surface area contributed by atoms with Gasteiger partial charge in [-0.15, -0.1) is 0 Å². The molecule has 43 heavy (non-hydrogen) atoms. The summed E-state index contributed by atoms with van der Waals surface area (Å²) in [5, 5.41) is 4.23. The number of ether oxygens (including phenoxy) is 5. The third kappa shape index (κ3) is 12.1. The number of nitrogens with two attached hydrogens (primary N) is 1. The number of carbonyl (C=O) groups excluding carboxylic acids is 2. The second kappa shape index (κ2) is 19.7. The van der Waals surface area contributed by atoms with Crippen molar-refractivity contribution in [2.24, 2.45) is 5.73 Å². The minimum atomic E-state index is -0.0525. The topological polar surface area (TPSA) is 122 Å². The molecule has 2 aromatic carbocycles. The molecule has 0 aliphatic carbocycles. The fraction of sp³-hybridized carbons (Fsp3) is 0.562. The zero-order valence-electron chi connectivity index (χ0n) is 25.4. The summed E-state index contributed by atoms with van der Waals surface area (Å²) in [4.78, 5) is 27.3. The molecule has 238 valence electrons. The minimum absolute atomic E-state index is 0.0160. The van der Waals surface area contributed by atoms with E-state index in [2.05, 4.69) is 5.32 Å². The predicted octanol–water partition coefficient (Wildman–Crippen LogP) is 4.64. The smallest absolute Gasteiger partial charge is 0.224 e. The van der Waals surface area contributed by atoms with E-state index < -0.39 is 0 Å². The standard InChI is InChI=1S/C32H46ClN3O7/c1-24-22-30(35-28-8-6-27(33)7-9-28)29-23-26(5-10-31(29)36(24)25(2)37)32(38)4-3-12-39-14-16-41-18-20-43-21-19-42-17-15-40-13-11-34/h5-10,23-24,30,35H,3-4,11-22,34H2,1-2H3/t24-,30+/m0/s1. The summed E-state index contributed by atoms with van der Waals surface area (Å²) in [7, 11) is 0. The van der Waals surface area contributed by atoms with Gasteiger partial charge in [-0.1, -0.05) is 11.6 Å². The van der Waals surface area contributed by atoms with E-state index in [0.29, 0.717) is 96.0 Å². The number of Topliss-reactive ketones (excluding diaryl/α,β-unsaturated/α-hetero) is 1. The number of nitrogens with one attached hydrogen (secondary N) is 1. The number of halogens is 1. The number of anilines is 2. The van der Waals surface area contributed by atoms with Crippen molar-refractivity contribution in [1.82, 2.24) is 0 Å². The predicted molar refractivity (Wildman–Crippen MR) is 168 cm³/mol. The van der Waals surface area contributed by atoms with E-state index in [1.165, 1.54) is 0 Å². The Bertz CT molecular complexity index is 1120. The lowest BCUT2D eigenvalue weighted by molar-refractivity contribution is -0.117. The van der Waals surface area contributed by atoms with Crippen molar-refractivity contribution in [3.05, 3.63) is 58.6 Å². The van der Waals surface area contributed by atoms with Crippen molar-refractivity contribution in [1.29, 1.82) is 0 Å². The lowest BCUT2D eigenvalue weighted by atomic mass is 9.89. The van der Waals surface area contributed by atoms with Gasteiger partial charge in [-0.25, -0.2) is 0 Å². The summed E-state index contributed by atoms with van der Waals surface area (Å²) >= 11 is 6.06. The van der Waals surface area contributed by atoms with Gasteiger partial charge in [0.05, 0.1) is 65.5 Å². The molecule has 0 aromatic heterocycles. The van der Waals surface area contributed by atoms with Crippen LogP contribution in [0.4, 0.5) is 11.4 Å². The van der Waals surface area contributed by atoms with Gasteiger partial charge in [0.25, 0.3) is 0 Å². The molecule has 2 aromatic rings.